The number of piperidine rings is 1. The van der Waals surface area contributed by atoms with Crippen molar-refractivity contribution in [3.63, 3.8) is 0 Å². The SMILES string of the molecule is NC(=O)C(Cc1c[nH]c2ccccc12)NC(=O)C1CN(S(=O)(=O)c2ccccc2)CCN1C(=O)C1CCNCC1. The summed E-state index contributed by atoms with van der Waals surface area (Å²) in [6, 6.07) is 13.4. The van der Waals surface area contributed by atoms with Crippen LogP contribution in [-0.2, 0) is 30.8 Å². The van der Waals surface area contributed by atoms with E-state index in [9.17, 15) is 22.8 Å². The number of primary amides is 1. The number of rotatable bonds is 8. The maximum Gasteiger partial charge on any atom is 0.244 e. The number of sulfonamides is 1. The van der Waals surface area contributed by atoms with Crippen molar-refractivity contribution in [1.29, 1.82) is 0 Å². The largest absolute Gasteiger partial charge is 0.368 e. The van der Waals surface area contributed by atoms with Crippen molar-refractivity contribution in [2.24, 2.45) is 11.7 Å². The number of nitrogens with zero attached hydrogens (tertiary/aromatic N) is 2. The Morgan fingerprint density at radius 3 is 2.42 bits per heavy atom. The lowest BCUT2D eigenvalue weighted by Gasteiger charge is -2.42. The van der Waals surface area contributed by atoms with Gasteiger partial charge in [0.05, 0.1) is 4.90 Å². The van der Waals surface area contributed by atoms with Gasteiger partial charge >= 0.3 is 0 Å². The Morgan fingerprint density at radius 1 is 1.00 bits per heavy atom. The fraction of sp³-hybridized carbons (Fsp3) is 0.393. The number of carbonyl (C=O) groups excluding carboxylic acids is 3. The number of carbonyl (C=O) groups is 3. The van der Waals surface area contributed by atoms with Crippen molar-refractivity contribution in [3.05, 3.63) is 66.4 Å². The number of piperazine rings is 1. The number of hydrogen-bond acceptors (Lipinski definition) is 6. The van der Waals surface area contributed by atoms with E-state index >= 15 is 0 Å². The molecule has 0 bridgehead atoms. The quantitative estimate of drug-likeness (QED) is 0.312. The molecule has 2 unspecified atom stereocenters. The molecule has 2 aliphatic rings. The zero-order valence-corrected chi connectivity index (χ0v) is 22.9. The van der Waals surface area contributed by atoms with Crippen molar-refractivity contribution in [1.82, 2.24) is 24.8 Å². The number of para-hydroxylation sites is 1. The minimum Gasteiger partial charge on any atom is -0.368 e. The molecule has 40 heavy (non-hydrogen) atoms. The molecule has 11 nitrogen and oxygen atoms in total. The van der Waals surface area contributed by atoms with Gasteiger partial charge in [0, 0.05) is 49.1 Å². The second-order valence-electron chi connectivity index (χ2n) is 10.3. The predicted molar refractivity (Wildman–Crippen MR) is 149 cm³/mol. The maximum absolute atomic E-state index is 13.8. The first kappa shape index (κ1) is 27.8. The average molecular weight is 567 g/mol. The van der Waals surface area contributed by atoms with Crippen molar-refractivity contribution in [3.8, 4) is 0 Å². The molecule has 2 saturated heterocycles. The topological polar surface area (TPSA) is 158 Å². The highest BCUT2D eigenvalue weighted by Gasteiger charge is 2.42. The lowest BCUT2D eigenvalue weighted by atomic mass is 9.95. The minimum absolute atomic E-state index is 0.0618. The molecule has 0 spiro atoms. The van der Waals surface area contributed by atoms with Crippen LogP contribution in [0.3, 0.4) is 0 Å². The Morgan fingerprint density at radius 2 is 1.70 bits per heavy atom. The Labute approximate surface area is 233 Å². The summed E-state index contributed by atoms with van der Waals surface area (Å²) >= 11 is 0. The van der Waals surface area contributed by atoms with Crippen LogP contribution in [-0.4, -0.2) is 85.1 Å². The molecular formula is C28H34N6O5S. The number of H-pyrrole nitrogens is 1. The van der Waals surface area contributed by atoms with Gasteiger partial charge in [-0.1, -0.05) is 36.4 Å². The maximum atomic E-state index is 13.8. The second kappa shape index (κ2) is 11.8. The summed E-state index contributed by atoms with van der Waals surface area (Å²) < 4.78 is 28.0. The molecule has 2 atom stereocenters. The highest BCUT2D eigenvalue weighted by atomic mass is 32.2. The molecule has 0 radical (unpaired) electrons. The van der Waals surface area contributed by atoms with Gasteiger partial charge in [-0.05, 0) is 49.7 Å². The van der Waals surface area contributed by atoms with Crippen molar-refractivity contribution in [2.75, 3.05) is 32.7 Å². The number of benzene rings is 2. The fourth-order valence-electron chi connectivity index (χ4n) is 5.52. The number of aromatic nitrogens is 1. The summed E-state index contributed by atoms with van der Waals surface area (Å²) in [6.45, 7) is 1.30. The average Bonchev–Trinajstić information content (AvgIpc) is 3.39. The molecule has 0 saturated carbocycles. The first-order chi connectivity index (χ1) is 19.3. The molecule has 1 aromatic heterocycles. The van der Waals surface area contributed by atoms with Crippen LogP contribution in [0.5, 0.6) is 0 Å². The summed E-state index contributed by atoms with van der Waals surface area (Å²) in [7, 11) is -3.90. The highest BCUT2D eigenvalue weighted by molar-refractivity contribution is 7.89. The van der Waals surface area contributed by atoms with Crippen LogP contribution >= 0.6 is 0 Å². The molecule has 12 heteroatoms. The Kier molecular flexibility index (Phi) is 8.19. The number of nitrogens with one attached hydrogen (secondary N) is 3. The van der Waals surface area contributed by atoms with Gasteiger partial charge in [0.25, 0.3) is 0 Å². The van der Waals surface area contributed by atoms with Gasteiger partial charge in [0.1, 0.15) is 12.1 Å². The van der Waals surface area contributed by atoms with Gasteiger partial charge in [-0.25, -0.2) is 8.42 Å². The van der Waals surface area contributed by atoms with Gasteiger partial charge in [-0.3, -0.25) is 14.4 Å². The molecule has 212 valence electrons. The predicted octanol–water partition coefficient (Wildman–Crippen LogP) is 0.582. The summed E-state index contributed by atoms with van der Waals surface area (Å²) in [6.07, 6.45) is 3.20. The number of nitrogens with two attached hydrogens (primary N) is 1. The van der Waals surface area contributed by atoms with Crippen molar-refractivity contribution < 1.29 is 22.8 Å². The van der Waals surface area contributed by atoms with Crippen LogP contribution in [0, 0.1) is 5.92 Å². The second-order valence-corrected chi connectivity index (χ2v) is 12.2. The molecular weight excluding hydrogens is 532 g/mol. The van der Waals surface area contributed by atoms with Crippen LogP contribution < -0.4 is 16.4 Å². The van der Waals surface area contributed by atoms with Crippen molar-refractivity contribution >= 4 is 38.6 Å². The molecule has 3 heterocycles. The third-order valence-corrected chi connectivity index (χ3v) is 9.64. The molecule has 2 fully saturated rings. The smallest absolute Gasteiger partial charge is 0.244 e. The number of aromatic amines is 1. The molecule has 0 aliphatic carbocycles. The highest BCUT2D eigenvalue weighted by Crippen LogP contribution is 2.24. The number of hydrogen-bond donors (Lipinski definition) is 4. The van der Waals surface area contributed by atoms with Gasteiger partial charge in [-0.2, -0.15) is 4.31 Å². The van der Waals surface area contributed by atoms with E-state index in [4.69, 9.17) is 5.73 Å². The van der Waals surface area contributed by atoms with Gasteiger partial charge in [0.15, 0.2) is 0 Å². The van der Waals surface area contributed by atoms with Crippen LogP contribution in [0.25, 0.3) is 10.9 Å². The van der Waals surface area contributed by atoms with Gasteiger partial charge in [-0.15, -0.1) is 0 Å². The summed E-state index contributed by atoms with van der Waals surface area (Å²) in [5.41, 5.74) is 7.40. The van der Waals surface area contributed by atoms with Gasteiger partial charge in [0.2, 0.25) is 27.7 Å². The summed E-state index contributed by atoms with van der Waals surface area (Å²) in [5, 5.41) is 6.87. The third-order valence-electron chi connectivity index (χ3n) is 7.76. The Balaban J connectivity index is 1.40. The van der Waals surface area contributed by atoms with Crippen LogP contribution in [0.1, 0.15) is 18.4 Å². The zero-order chi connectivity index (χ0) is 28.3. The van der Waals surface area contributed by atoms with Crippen LogP contribution in [0.15, 0.2) is 65.7 Å². The molecule has 3 amide bonds. The van der Waals surface area contributed by atoms with E-state index in [0.717, 1.165) is 16.5 Å². The number of fused-ring (bicyclic) bond motifs is 1. The van der Waals surface area contributed by atoms with E-state index in [-0.39, 0.29) is 42.8 Å². The van der Waals surface area contributed by atoms with Crippen LogP contribution in [0.2, 0.25) is 0 Å². The van der Waals surface area contributed by atoms with E-state index < -0.39 is 33.9 Å². The Bertz CT molecular complexity index is 1490. The van der Waals surface area contributed by atoms with E-state index in [2.05, 4.69) is 15.6 Å². The molecule has 3 aromatic rings. The van der Waals surface area contributed by atoms with E-state index in [1.54, 1.807) is 24.4 Å². The van der Waals surface area contributed by atoms with Crippen molar-refractivity contribution in [2.45, 2.75) is 36.2 Å². The van der Waals surface area contributed by atoms with E-state index in [1.807, 2.05) is 24.3 Å². The molecule has 2 aliphatic heterocycles. The van der Waals surface area contributed by atoms with E-state index in [1.165, 1.54) is 21.3 Å². The summed E-state index contributed by atoms with van der Waals surface area (Å²) in [5.74, 6) is -1.77. The standard InChI is InChI=1S/C28H34N6O5S/c29-26(35)24(16-20-17-31-23-9-5-4-8-22(20)23)32-27(36)25-18-33(40(38,39)21-6-2-1-3-7-21)14-15-34(25)28(37)19-10-12-30-13-11-19/h1-9,17,19,24-25,30-31H,10-16,18H2,(H2,29,35)(H,32,36). The molecule has 5 rings (SSSR count). The lowest BCUT2D eigenvalue weighted by Crippen LogP contribution is -2.64. The zero-order valence-electron chi connectivity index (χ0n) is 22.1. The van der Waals surface area contributed by atoms with Gasteiger partial charge < -0.3 is 26.3 Å². The number of amides is 3. The third kappa shape index (κ3) is 5.74. The first-order valence-corrected chi connectivity index (χ1v) is 14.9. The lowest BCUT2D eigenvalue weighted by molar-refractivity contribution is -0.147. The normalized spacial score (nSPS) is 19.8. The monoisotopic (exact) mass is 566 g/mol. The minimum atomic E-state index is -3.90. The van der Waals surface area contributed by atoms with Crippen LogP contribution in [0.4, 0.5) is 0 Å². The first-order valence-electron chi connectivity index (χ1n) is 13.5. The molecule has 5 N–H and O–H groups in total. The van der Waals surface area contributed by atoms with E-state index in [0.29, 0.717) is 25.9 Å². The fourth-order valence-corrected chi connectivity index (χ4v) is 6.98. The molecule has 2 aromatic carbocycles. The summed E-state index contributed by atoms with van der Waals surface area (Å²) in [4.78, 5) is 44.5. The Hall–Kier alpha value is -3.74.